The number of H-pyrrole nitrogens is 1. The summed E-state index contributed by atoms with van der Waals surface area (Å²) in [6.45, 7) is 6.38. The van der Waals surface area contributed by atoms with E-state index in [0.29, 0.717) is 0 Å². The number of hydrogen-bond acceptors (Lipinski definition) is 4. The molecule has 0 aliphatic heterocycles. The van der Waals surface area contributed by atoms with Gasteiger partial charge in [0.05, 0.1) is 0 Å². The van der Waals surface area contributed by atoms with Crippen LogP contribution in [0.5, 0.6) is 0 Å². The summed E-state index contributed by atoms with van der Waals surface area (Å²) >= 11 is 0. The summed E-state index contributed by atoms with van der Waals surface area (Å²) in [7, 11) is 0. The molecular formula is C11H14N4O2. The summed E-state index contributed by atoms with van der Waals surface area (Å²) in [6, 6.07) is 6.56. The molecular weight excluding hydrogens is 220 g/mol. The summed E-state index contributed by atoms with van der Waals surface area (Å²) < 4.78 is 0. The Morgan fingerprint density at radius 2 is 1.59 bits per heavy atom. The first-order valence-corrected chi connectivity index (χ1v) is 5.03. The maximum atomic E-state index is 9.73. The first-order chi connectivity index (χ1) is 7.99. The van der Waals surface area contributed by atoms with Gasteiger partial charge in [0.1, 0.15) is 0 Å². The molecule has 2 aromatic rings. The summed E-state index contributed by atoms with van der Waals surface area (Å²) in [6.07, 6.45) is 1.08. The minimum absolute atomic E-state index is 0.329. The van der Waals surface area contributed by atoms with Crippen LogP contribution in [0.15, 0.2) is 24.5 Å². The van der Waals surface area contributed by atoms with Crippen molar-refractivity contribution in [2.24, 2.45) is 0 Å². The molecule has 0 unspecified atom stereocenters. The van der Waals surface area contributed by atoms with Crippen LogP contribution in [0.3, 0.4) is 0 Å². The Balaban J connectivity index is 0.000000171. The van der Waals surface area contributed by atoms with Gasteiger partial charge in [0.25, 0.3) is 0 Å². The van der Waals surface area contributed by atoms with E-state index in [0.717, 1.165) is 6.33 Å². The van der Waals surface area contributed by atoms with Gasteiger partial charge < -0.3 is 10.1 Å². The average molecular weight is 234 g/mol. The van der Waals surface area contributed by atoms with Gasteiger partial charge in [-0.3, -0.25) is 0 Å². The zero-order valence-corrected chi connectivity index (χ0v) is 9.97. The lowest BCUT2D eigenvalue weighted by molar-refractivity contribution is -0.394. The van der Waals surface area contributed by atoms with E-state index in [1.54, 1.807) is 0 Å². The van der Waals surface area contributed by atoms with Crippen LogP contribution in [0.4, 0.5) is 5.95 Å². The lowest BCUT2D eigenvalue weighted by Crippen LogP contribution is -1.88. The van der Waals surface area contributed by atoms with E-state index in [2.05, 4.69) is 54.2 Å². The van der Waals surface area contributed by atoms with Gasteiger partial charge in [0.2, 0.25) is 6.33 Å². The molecule has 0 aliphatic rings. The van der Waals surface area contributed by atoms with Crippen LogP contribution in [-0.2, 0) is 0 Å². The molecule has 6 nitrogen and oxygen atoms in total. The zero-order valence-electron chi connectivity index (χ0n) is 9.97. The first kappa shape index (κ1) is 12.8. The van der Waals surface area contributed by atoms with Gasteiger partial charge in [-0.1, -0.05) is 45.0 Å². The fraction of sp³-hybridized carbons (Fsp3) is 0.273. The standard InChI is InChI=1S/C9H12.C2H2N4O2/c1-7-4-8(2)6-9(3)5-7;7-6(8)2-3-1-4-5-2/h4-6H,1-3H3;1H,(H,3,4,5). The number of rotatable bonds is 1. The topological polar surface area (TPSA) is 84.7 Å². The molecule has 0 amide bonds. The number of aryl methyl sites for hydroxylation is 3. The molecule has 0 saturated carbocycles. The molecule has 2 rings (SSSR count). The molecule has 0 aliphatic carbocycles. The van der Waals surface area contributed by atoms with Crippen LogP contribution >= 0.6 is 0 Å². The van der Waals surface area contributed by atoms with Crippen LogP contribution in [0.2, 0.25) is 0 Å². The highest BCUT2D eigenvalue weighted by Crippen LogP contribution is 2.06. The van der Waals surface area contributed by atoms with Crippen molar-refractivity contribution in [3.05, 3.63) is 51.3 Å². The number of benzene rings is 1. The maximum Gasteiger partial charge on any atom is 0.453 e. The van der Waals surface area contributed by atoms with Crippen LogP contribution in [0.1, 0.15) is 16.7 Å². The Bertz CT molecular complexity index is 444. The molecule has 1 N–H and O–H groups in total. The molecule has 0 radical (unpaired) electrons. The fourth-order valence-corrected chi connectivity index (χ4v) is 1.49. The highest BCUT2D eigenvalue weighted by Gasteiger charge is 2.02. The SMILES string of the molecule is Cc1cc(C)cc(C)c1.O=[N+]([O-])c1ncn[nH]1. The Morgan fingerprint density at radius 1 is 1.12 bits per heavy atom. The predicted octanol–water partition coefficient (Wildman–Crippen LogP) is 2.32. The molecule has 6 heteroatoms. The second-order valence-electron chi connectivity index (χ2n) is 3.73. The largest absolute Gasteiger partial charge is 0.453 e. The van der Waals surface area contributed by atoms with Crippen LogP contribution < -0.4 is 0 Å². The van der Waals surface area contributed by atoms with E-state index >= 15 is 0 Å². The van der Waals surface area contributed by atoms with E-state index in [9.17, 15) is 10.1 Å². The molecule has 0 spiro atoms. The van der Waals surface area contributed by atoms with Crippen LogP contribution in [0.25, 0.3) is 0 Å². The monoisotopic (exact) mass is 234 g/mol. The second-order valence-corrected chi connectivity index (χ2v) is 3.73. The van der Waals surface area contributed by atoms with Crippen LogP contribution in [-0.4, -0.2) is 20.1 Å². The van der Waals surface area contributed by atoms with E-state index in [1.807, 2.05) is 0 Å². The first-order valence-electron chi connectivity index (χ1n) is 5.03. The third-order valence-corrected chi connectivity index (χ3v) is 1.94. The smallest absolute Gasteiger partial charge is 0.390 e. The van der Waals surface area contributed by atoms with Gasteiger partial charge in [-0.2, -0.15) is 0 Å². The lowest BCUT2D eigenvalue weighted by Gasteiger charge is -1.96. The molecule has 1 heterocycles. The molecule has 90 valence electrons. The molecule has 0 saturated heterocycles. The highest BCUT2D eigenvalue weighted by molar-refractivity contribution is 5.27. The van der Waals surface area contributed by atoms with E-state index < -0.39 is 4.92 Å². The Kier molecular flexibility index (Phi) is 4.33. The van der Waals surface area contributed by atoms with Gasteiger partial charge >= 0.3 is 5.95 Å². The normalized spacial score (nSPS) is 9.35. The quantitative estimate of drug-likeness (QED) is 0.606. The second kappa shape index (κ2) is 5.74. The third kappa shape index (κ3) is 4.42. The van der Waals surface area contributed by atoms with Gasteiger partial charge in [0, 0.05) is 0 Å². The number of hydrogen-bond donors (Lipinski definition) is 1. The molecule has 1 aromatic carbocycles. The van der Waals surface area contributed by atoms with Gasteiger partial charge in [0.15, 0.2) is 0 Å². The molecule has 17 heavy (non-hydrogen) atoms. The molecule has 0 fully saturated rings. The lowest BCUT2D eigenvalue weighted by atomic mass is 10.1. The number of nitrogens with zero attached hydrogens (tertiary/aromatic N) is 3. The maximum absolute atomic E-state index is 9.73. The van der Waals surface area contributed by atoms with Gasteiger partial charge in [-0.25, -0.2) is 0 Å². The van der Waals surface area contributed by atoms with E-state index in [4.69, 9.17) is 0 Å². The molecule has 0 bridgehead atoms. The van der Waals surface area contributed by atoms with E-state index in [-0.39, 0.29) is 5.95 Å². The van der Waals surface area contributed by atoms with Gasteiger partial charge in [-0.05, 0) is 25.7 Å². The minimum atomic E-state index is -0.646. The predicted molar refractivity (Wildman–Crippen MR) is 63.7 cm³/mol. The average Bonchev–Trinajstić information content (AvgIpc) is 2.68. The number of nitro groups is 1. The Labute approximate surface area is 98.9 Å². The zero-order chi connectivity index (χ0) is 12.8. The fourth-order valence-electron chi connectivity index (χ4n) is 1.49. The number of aromatic amines is 1. The highest BCUT2D eigenvalue weighted by atomic mass is 16.6. The van der Waals surface area contributed by atoms with Gasteiger partial charge in [-0.15, -0.1) is 5.10 Å². The third-order valence-electron chi connectivity index (χ3n) is 1.94. The summed E-state index contributed by atoms with van der Waals surface area (Å²) in [5.74, 6) is -0.329. The van der Waals surface area contributed by atoms with Crippen molar-refractivity contribution in [3.8, 4) is 0 Å². The van der Waals surface area contributed by atoms with Crippen molar-refractivity contribution < 1.29 is 4.92 Å². The Hall–Kier alpha value is -2.24. The minimum Gasteiger partial charge on any atom is -0.390 e. The van der Waals surface area contributed by atoms with Crippen LogP contribution in [0, 0.1) is 30.9 Å². The van der Waals surface area contributed by atoms with Crippen molar-refractivity contribution in [3.63, 3.8) is 0 Å². The number of aromatic nitrogens is 3. The van der Waals surface area contributed by atoms with Crippen molar-refractivity contribution in [1.29, 1.82) is 0 Å². The Morgan fingerprint density at radius 3 is 1.82 bits per heavy atom. The summed E-state index contributed by atoms with van der Waals surface area (Å²) in [5.41, 5.74) is 4.06. The van der Waals surface area contributed by atoms with Crippen molar-refractivity contribution in [1.82, 2.24) is 15.2 Å². The van der Waals surface area contributed by atoms with Crippen molar-refractivity contribution in [2.45, 2.75) is 20.8 Å². The van der Waals surface area contributed by atoms with Crippen molar-refractivity contribution >= 4 is 5.95 Å². The molecule has 1 aromatic heterocycles. The summed E-state index contributed by atoms with van der Waals surface area (Å²) in [4.78, 5) is 12.3. The van der Waals surface area contributed by atoms with Crippen molar-refractivity contribution in [2.75, 3.05) is 0 Å². The number of nitrogens with one attached hydrogen (secondary N) is 1. The summed E-state index contributed by atoms with van der Waals surface area (Å²) in [5, 5.41) is 15.1. The molecule has 0 atom stereocenters. The van der Waals surface area contributed by atoms with E-state index in [1.165, 1.54) is 16.7 Å².